The standard InChI is InChI=1S/C27H31N5O3S/c1-4-5-8-21(17-28)23(29-11-13-35-3)15-19(2)30-27(34)32-12-6-9-20-16-22(25-10-7-14-36-25)24(18-33)31-26(20)32/h5,7-8,10,14-16,18,29H,4,6,9,11-13H2,1-3H3,(H,30,34)/b8-5+,19-15+,23-21-. The van der Waals surface area contributed by atoms with Gasteiger partial charge in [-0.05, 0) is 61.4 Å². The highest BCUT2D eigenvalue weighted by Gasteiger charge is 2.26. The number of anilines is 1. The van der Waals surface area contributed by atoms with Crippen LogP contribution in [-0.4, -0.2) is 44.1 Å². The van der Waals surface area contributed by atoms with Crippen LogP contribution in [0.3, 0.4) is 0 Å². The highest BCUT2D eigenvalue weighted by molar-refractivity contribution is 7.13. The largest absolute Gasteiger partial charge is 0.383 e. The van der Waals surface area contributed by atoms with Crippen molar-refractivity contribution in [1.82, 2.24) is 15.6 Å². The fourth-order valence-corrected chi connectivity index (χ4v) is 4.60. The molecule has 0 saturated heterocycles. The summed E-state index contributed by atoms with van der Waals surface area (Å²) in [4.78, 5) is 32.2. The molecule has 2 N–H and O–H groups in total. The normalized spacial score (nSPS) is 14.2. The van der Waals surface area contributed by atoms with Gasteiger partial charge in [0, 0.05) is 36.3 Å². The quantitative estimate of drug-likeness (QED) is 0.204. The van der Waals surface area contributed by atoms with E-state index in [1.807, 2.05) is 36.6 Å². The van der Waals surface area contributed by atoms with Gasteiger partial charge in [-0.1, -0.05) is 19.1 Å². The first kappa shape index (κ1) is 26.9. The van der Waals surface area contributed by atoms with Crippen molar-refractivity contribution in [3.05, 3.63) is 70.0 Å². The Morgan fingerprint density at radius 1 is 1.42 bits per heavy atom. The number of aldehydes is 1. The van der Waals surface area contributed by atoms with Crippen LogP contribution in [0.2, 0.25) is 0 Å². The fraction of sp³-hybridized carbons (Fsp3) is 0.333. The summed E-state index contributed by atoms with van der Waals surface area (Å²) in [5, 5.41) is 17.7. The minimum absolute atomic E-state index is 0.317. The number of nitrogens with zero attached hydrogens (tertiary/aromatic N) is 3. The van der Waals surface area contributed by atoms with Crippen molar-refractivity contribution in [2.75, 3.05) is 31.7 Å². The monoisotopic (exact) mass is 505 g/mol. The zero-order valence-electron chi connectivity index (χ0n) is 20.8. The number of aromatic nitrogens is 1. The topological polar surface area (TPSA) is 107 Å². The molecule has 2 amide bonds. The Kier molecular flexibility index (Phi) is 9.98. The van der Waals surface area contributed by atoms with E-state index >= 15 is 0 Å². The Morgan fingerprint density at radius 3 is 2.92 bits per heavy atom. The molecule has 8 nitrogen and oxygen atoms in total. The zero-order valence-corrected chi connectivity index (χ0v) is 21.7. The van der Waals surface area contributed by atoms with Crippen LogP contribution < -0.4 is 15.5 Å². The molecule has 0 saturated carbocycles. The molecule has 0 aliphatic carbocycles. The lowest BCUT2D eigenvalue weighted by Crippen LogP contribution is -2.43. The minimum Gasteiger partial charge on any atom is -0.383 e. The molecule has 9 heteroatoms. The summed E-state index contributed by atoms with van der Waals surface area (Å²) in [5.74, 6) is 0.506. The van der Waals surface area contributed by atoms with Crippen molar-refractivity contribution in [2.45, 2.75) is 33.1 Å². The number of rotatable bonds is 10. The molecular formula is C27H31N5O3S. The maximum atomic E-state index is 13.3. The van der Waals surface area contributed by atoms with E-state index in [2.05, 4.69) is 21.7 Å². The summed E-state index contributed by atoms with van der Waals surface area (Å²) < 4.78 is 5.11. The molecule has 0 spiro atoms. The van der Waals surface area contributed by atoms with Gasteiger partial charge < -0.3 is 15.4 Å². The number of pyridine rings is 1. The maximum absolute atomic E-state index is 13.3. The number of hydrogen-bond donors (Lipinski definition) is 2. The second-order valence-electron chi connectivity index (χ2n) is 8.18. The molecule has 0 bridgehead atoms. The fourth-order valence-electron chi connectivity index (χ4n) is 3.85. The Balaban J connectivity index is 1.87. The number of nitriles is 1. The van der Waals surface area contributed by atoms with Crippen LogP contribution >= 0.6 is 11.3 Å². The van der Waals surface area contributed by atoms with Crippen LogP contribution in [0, 0.1) is 11.3 Å². The number of carbonyl (C=O) groups excluding carboxylic acids is 2. The second kappa shape index (κ2) is 13.4. The molecule has 0 atom stereocenters. The van der Waals surface area contributed by atoms with Gasteiger partial charge in [0.2, 0.25) is 0 Å². The molecular weight excluding hydrogens is 474 g/mol. The molecule has 2 aromatic heterocycles. The number of urea groups is 1. The van der Waals surface area contributed by atoms with Crippen LogP contribution in [0.15, 0.2) is 58.8 Å². The summed E-state index contributed by atoms with van der Waals surface area (Å²) in [6.45, 7) is 5.24. The Bertz CT molecular complexity index is 1210. The lowest BCUT2D eigenvalue weighted by molar-refractivity contribution is 0.111. The average molecular weight is 506 g/mol. The second-order valence-corrected chi connectivity index (χ2v) is 9.13. The number of carbonyl (C=O) groups is 2. The summed E-state index contributed by atoms with van der Waals surface area (Å²) in [7, 11) is 1.61. The summed E-state index contributed by atoms with van der Waals surface area (Å²) in [6.07, 6.45) is 8.52. The molecule has 1 aliphatic heterocycles. The Hall–Kier alpha value is -3.74. The van der Waals surface area contributed by atoms with E-state index in [9.17, 15) is 14.9 Å². The molecule has 1 aliphatic rings. The van der Waals surface area contributed by atoms with E-state index in [0.717, 1.165) is 41.6 Å². The van der Waals surface area contributed by atoms with Gasteiger partial charge in [-0.15, -0.1) is 11.3 Å². The summed E-state index contributed by atoms with van der Waals surface area (Å²) >= 11 is 1.55. The SMILES string of the molecule is CC/C=C/C(C#N)=C(\C=C(/C)NC(=O)N1CCCc2cc(-c3cccs3)c(C=O)nc21)NCCOC. The van der Waals surface area contributed by atoms with E-state index in [0.29, 0.717) is 48.2 Å². The van der Waals surface area contributed by atoms with Crippen molar-refractivity contribution in [2.24, 2.45) is 0 Å². The van der Waals surface area contributed by atoms with Crippen molar-refractivity contribution in [1.29, 1.82) is 5.26 Å². The number of thiophene rings is 1. The molecule has 3 heterocycles. The van der Waals surface area contributed by atoms with Crippen LogP contribution in [0.4, 0.5) is 10.6 Å². The van der Waals surface area contributed by atoms with E-state index in [1.54, 1.807) is 42.4 Å². The Morgan fingerprint density at radius 2 is 2.25 bits per heavy atom. The summed E-state index contributed by atoms with van der Waals surface area (Å²) in [6, 6.07) is 7.74. The first-order valence-electron chi connectivity index (χ1n) is 11.9. The number of hydrogen-bond acceptors (Lipinski definition) is 7. The molecule has 2 aromatic rings. The van der Waals surface area contributed by atoms with Crippen molar-refractivity contribution >= 4 is 29.5 Å². The molecule has 36 heavy (non-hydrogen) atoms. The highest BCUT2D eigenvalue weighted by atomic mass is 32.1. The molecule has 0 fully saturated rings. The molecule has 0 aromatic carbocycles. The van der Waals surface area contributed by atoms with E-state index in [-0.39, 0.29) is 6.03 Å². The van der Waals surface area contributed by atoms with Crippen LogP contribution in [0.1, 0.15) is 42.7 Å². The summed E-state index contributed by atoms with van der Waals surface area (Å²) in [5.41, 5.74) is 3.66. The zero-order chi connectivity index (χ0) is 25.9. The predicted molar refractivity (Wildman–Crippen MR) is 143 cm³/mol. The predicted octanol–water partition coefficient (Wildman–Crippen LogP) is 4.97. The lowest BCUT2D eigenvalue weighted by Gasteiger charge is -2.29. The maximum Gasteiger partial charge on any atom is 0.327 e. The van der Waals surface area contributed by atoms with Gasteiger partial charge in [-0.2, -0.15) is 5.26 Å². The van der Waals surface area contributed by atoms with Crippen LogP contribution in [-0.2, 0) is 11.2 Å². The van der Waals surface area contributed by atoms with Gasteiger partial charge in [0.1, 0.15) is 17.6 Å². The van der Waals surface area contributed by atoms with Gasteiger partial charge in [0.25, 0.3) is 0 Å². The third-order valence-electron chi connectivity index (χ3n) is 5.55. The van der Waals surface area contributed by atoms with Gasteiger partial charge in [0.05, 0.1) is 17.9 Å². The number of amides is 2. The molecule has 3 rings (SSSR count). The number of ether oxygens (including phenoxy) is 1. The smallest absolute Gasteiger partial charge is 0.327 e. The number of fused-ring (bicyclic) bond motifs is 1. The van der Waals surface area contributed by atoms with Gasteiger partial charge in [0.15, 0.2) is 6.29 Å². The van der Waals surface area contributed by atoms with Crippen LogP contribution in [0.25, 0.3) is 10.4 Å². The molecule has 0 radical (unpaired) electrons. The Labute approximate surface area is 216 Å². The number of nitrogens with one attached hydrogen (secondary N) is 2. The number of allylic oxidation sites excluding steroid dienone is 5. The minimum atomic E-state index is -0.336. The third kappa shape index (κ3) is 6.68. The third-order valence-corrected chi connectivity index (χ3v) is 6.46. The lowest BCUT2D eigenvalue weighted by atomic mass is 10.0. The first-order valence-corrected chi connectivity index (χ1v) is 12.7. The van der Waals surface area contributed by atoms with Gasteiger partial charge >= 0.3 is 6.03 Å². The average Bonchev–Trinajstić information content (AvgIpc) is 3.42. The first-order chi connectivity index (χ1) is 17.5. The van der Waals surface area contributed by atoms with E-state index < -0.39 is 0 Å². The van der Waals surface area contributed by atoms with Gasteiger partial charge in [-0.25, -0.2) is 9.78 Å². The molecule has 0 unspecified atom stereocenters. The van der Waals surface area contributed by atoms with Crippen molar-refractivity contribution in [3.63, 3.8) is 0 Å². The van der Waals surface area contributed by atoms with E-state index in [4.69, 9.17) is 4.74 Å². The van der Waals surface area contributed by atoms with Gasteiger partial charge in [-0.3, -0.25) is 9.69 Å². The van der Waals surface area contributed by atoms with Crippen molar-refractivity contribution in [3.8, 4) is 16.5 Å². The van der Waals surface area contributed by atoms with Crippen molar-refractivity contribution < 1.29 is 14.3 Å². The van der Waals surface area contributed by atoms with Crippen LogP contribution in [0.5, 0.6) is 0 Å². The molecule has 188 valence electrons. The number of methoxy groups -OCH3 is 1. The number of aryl methyl sites for hydroxylation is 1. The highest BCUT2D eigenvalue weighted by Crippen LogP contribution is 2.33. The van der Waals surface area contributed by atoms with E-state index in [1.165, 1.54) is 0 Å².